The maximum atomic E-state index is 12.5. The van der Waals surface area contributed by atoms with Crippen LogP contribution < -0.4 is 0 Å². The lowest BCUT2D eigenvalue weighted by molar-refractivity contribution is -0.0652. The van der Waals surface area contributed by atoms with Gasteiger partial charge < -0.3 is 14.2 Å². The Hall–Kier alpha value is -1.54. The van der Waals surface area contributed by atoms with E-state index in [4.69, 9.17) is 14.2 Å². The largest absolute Gasteiger partial charge is 0.382 e. The van der Waals surface area contributed by atoms with Crippen molar-refractivity contribution in [3.05, 3.63) is 42.2 Å². The number of aryl methyl sites for hydroxylation is 1. The van der Waals surface area contributed by atoms with Gasteiger partial charge in [-0.1, -0.05) is 18.2 Å². The summed E-state index contributed by atoms with van der Waals surface area (Å²) in [6, 6.07) is 7.97. The fraction of sp³-hybridized carbons (Fsp3) is 0.471. The predicted molar refractivity (Wildman–Crippen MR) is 92.8 cm³/mol. The van der Waals surface area contributed by atoms with E-state index in [1.54, 1.807) is 13.3 Å². The highest BCUT2D eigenvalue weighted by atomic mass is 32.2. The molecule has 0 saturated heterocycles. The number of imidazole rings is 1. The van der Waals surface area contributed by atoms with Crippen LogP contribution in [0.3, 0.4) is 0 Å². The molecule has 6 nitrogen and oxygen atoms in total. The highest BCUT2D eigenvalue weighted by molar-refractivity contribution is 7.84. The smallest absolute Gasteiger partial charge is 0.203 e. The van der Waals surface area contributed by atoms with Crippen molar-refractivity contribution in [3.8, 4) is 5.69 Å². The SMILES string of the molecule is COCCOCOCCC[S@](=O)c1nccn1-c1ccccc1C. The van der Waals surface area contributed by atoms with Crippen LogP contribution in [0.15, 0.2) is 41.8 Å². The lowest BCUT2D eigenvalue weighted by atomic mass is 10.2. The van der Waals surface area contributed by atoms with Crippen LogP contribution in [-0.4, -0.2) is 53.2 Å². The molecule has 1 atom stereocenters. The molecule has 24 heavy (non-hydrogen) atoms. The lowest BCUT2D eigenvalue weighted by Crippen LogP contribution is -2.11. The Kier molecular flexibility index (Phi) is 8.11. The number of hydrogen-bond donors (Lipinski definition) is 0. The molecule has 1 heterocycles. The molecule has 0 bridgehead atoms. The minimum Gasteiger partial charge on any atom is -0.382 e. The summed E-state index contributed by atoms with van der Waals surface area (Å²) in [6.07, 6.45) is 4.20. The van der Waals surface area contributed by atoms with Gasteiger partial charge in [0, 0.05) is 25.3 Å². The molecule has 1 aromatic carbocycles. The number of rotatable bonds is 11. The van der Waals surface area contributed by atoms with Gasteiger partial charge in [-0.05, 0) is 25.0 Å². The van der Waals surface area contributed by atoms with Gasteiger partial charge in [-0.3, -0.25) is 8.78 Å². The van der Waals surface area contributed by atoms with Crippen molar-refractivity contribution in [2.75, 3.05) is 39.5 Å². The first-order chi connectivity index (χ1) is 11.7. The van der Waals surface area contributed by atoms with Crippen LogP contribution in [0.1, 0.15) is 12.0 Å². The van der Waals surface area contributed by atoms with E-state index in [0.717, 1.165) is 11.3 Å². The second-order valence-electron chi connectivity index (χ2n) is 5.20. The number of para-hydroxylation sites is 1. The number of methoxy groups -OCH3 is 1. The van der Waals surface area contributed by atoms with E-state index in [1.807, 2.05) is 42.0 Å². The number of aromatic nitrogens is 2. The van der Waals surface area contributed by atoms with Gasteiger partial charge in [0.15, 0.2) is 0 Å². The van der Waals surface area contributed by atoms with Crippen molar-refractivity contribution in [3.63, 3.8) is 0 Å². The van der Waals surface area contributed by atoms with Gasteiger partial charge in [-0.25, -0.2) is 4.98 Å². The molecule has 0 aliphatic heterocycles. The molecular weight excluding hydrogens is 328 g/mol. The standard InChI is InChI=1S/C17H24N2O4S/c1-15-6-3-4-7-16(15)19-9-8-18-17(19)24(20)13-5-10-22-14-23-12-11-21-2/h3-4,6-9H,5,10-14H2,1-2H3/t24-/m0/s1. The van der Waals surface area contributed by atoms with Crippen LogP contribution in [-0.2, 0) is 25.0 Å². The van der Waals surface area contributed by atoms with Crippen molar-refractivity contribution in [1.82, 2.24) is 9.55 Å². The topological polar surface area (TPSA) is 62.6 Å². The van der Waals surface area contributed by atoms with E-state index < -0.39 is 10.8 Å². The van der Waals surface area contributed by atoms with Crippen LogP contribution in [0.25, 0.3) is 5.69 Å². The maximum Gasteiger partial charge on any atom is 0.203 e. The third kappa shape index (κ3) is 5.52. The Morgan fingerprint density at radius 2 is 1.96 bits per heavy atom. The molecule has 0 amide bonds. The Bertz CT molecular complexity index is 645. The summed E-state index contributed by atoms with van der Waals surface area (Å²) < 4.78 is 29.8. The molecule has 132 valence electrons. The molecule has 0 N–H and O–H groups in total. The molecule has 0 spiro atoms. The number of nitrogens with zero attached hydrogens (tertiary/aromatic N) is 2. The zero-order valence-corrected chi connectivity index (χ0v) is 15.0. The first-order valence-electron chi connectivity index (χ1n) is 7.86. The van der Waals surface area contributed by atoms with Crippen LogP contribution in [0, 0.1) is 6.92 Å². The fourth-order valence-electron chi connectivity index (χ4n) is 2.18. The lowest BCUT2D eigenvalue weighted by Gasteiger charge is -2.10. The third-order valence-corrected chi connectivity index (χ3v) is 4.77. The summed E-state index contributed by atoms with van der Waals surface area (Å²) in [7, 11) is 0.454. The fourth-order valence-corrected chi connectivity index (χ4v) is 3.30. The van der Waals surface area contributed by atoms with Crippen LogP contribution in [0.4, 0.5) is 0 Å². The summed E-state index contributed by atoms with van der Waals surface area (Å²) in [4.78, 5) is 4.27. The summed E-state index contributed by atoms with van der Waals surface area (Å²) in [5.74, 6) is 0.501. The van der Waals surface area contributed by atoms with Crippen molar-refractivity contribution in [2.45, 2.75) is 18.5 Å². The van der Waals surface area contributed by atoms with Crippen molar-refractivity contribution in [1.29, 1.82) is 0 Å². The summed E-state index contributed by atoms with van der Waals surface area (Å²) >= 11 is 0. The third-order valence-electron chi connectivity index (χ3n) is 3.40. The molecule has 7 heteroatoms. The minimum atomic E-state index is -1.17. The molecule has 0 aliphatic carbocycles. The van der Waals surface area contributed by atoms with Gasteiger partial charge in [0.1, 0.15) is 6.79 Å². The van der Waals surface area contributed by atoms with E-state index in [0.29, 0.717) is 37.2 Å². The molecule has 0 fully saturated rings. The Labute approximate surface area is 145 Å². The highest BCUT2D eigenvalue weighted by Crippen LogP contribution is 2.17. The van der Waals surface area contributed by atoms with Gasteiger partial charge >= 0.3 is 0 Å². The van der Waals surface area contributed by atoms with Crippen LogP contribution in [0.2, 0.25) is 0 Å². The van der Waals surface area contributed by atoms with E-state index in [1.165, 1.54) is 0 Å². The summed E-state index contributed by atoms with van der Waals surface area (Å²) in [5.41, 5.74) is 2.12. The Morgan fingerprint density at radius 1 is 1.17 bits per heavy atom. The van der Waals surface area contributed by atoms with Crippen molar-refractivity contribution < 1.29 is 18.4 Å². The zero-order chi connectivity index (χ0) is 17.2. The molecule has 0 aliphatic rings. The quantitative estimate of drug-likeness (QED) is 0.459. The first-order valence-corrected chi connectivity index (χ1v) is 9.18. The maximum absolute atomic E-state index is 12.5. The Balaban J connectivity index is 1.80. The average Bonchev–Trinajstić information content (AvgIpc) is 3.07. The van der Waals surface area contributed by atoms with Gasteiger partial charge in [-0.2, -0.15) is 0 Å². The van der Waals surface area contributed by atoms with Crippen LogP contribution in [0.5, 0.6) is 0 Å². The van der Waals surface area contributed by atoms with Gasteiger partial charge in [0.25, 0.3) is 0 Å². The summed E-state index contributed by atoms with van der Waals surface area (Å²) in [5, 5.41) is 0.570. The average molecular weight is 352 g/mol. The predicted octanol–water partition coefficient (Wildman–Crippen LogP) is 2.32. The van der Waals surface area contributed by atoms with Crippen LogP contribution >= 0.6 is 0 Å². The highest BCUT2D eigenvalue weighted by Gasteiger charge is 2.13. The first kappa shape index (κ1) is 18.8. The van der Waals surface area contributed by atoms with Gasteiger partial charge in [-0.15, -0.1) is 0 Å². The molecule has 2 aromatic rings. The molecule has 0 radical (unpaired) electrons. The monoisotopic (exact) mass is 352 g/mol. The second kappa shape index (κ2) is 10.4. The summed E-state index contributed by atoms with van der Waals surface area (Å²) in [6.45, 7) is 3.82. The normalized spacial score (nSPS) is 12.4. The van der Waals surface area contributed by atoms with Crippen molar-refractivity contribution in [2.24, 2.45) is 0 Å². The van der Waals surface area contributed by atoms with E-state index >= 15 is 0 Å². The molecule has 2 rings (SSSR count). The minimum absolute atomic E-state index is 0.230. The van der Waals surface area contributed by atoms with E-state index in [9.17, 15) is 4.21 Å². The number of ether oxygens (including phenoxy) is 3. The molecular formula is C17H24N2O4S. The van der Waals surface area contributed by atoms with Crippen molar-refractivity contribution >= 4 is 10.8 Å². The Morgan fingerprint density at radius 3 is 2.75 bits per heavy atom. The van der Waals surface area contributed by atoms with E-state index in [2.05, 4.69) is 4.98 Å². The van der Waals surface area contributed by atoms with E-state index in [-0.39, 0.29) is 6.79 Å². The van der Waals surface area contributed by atoms with Gasteiger partial charge in [0.2, 0.25) is 5.16 Å². The number of hydrogen-bond acceptors (Lipinski definition) is 5. The second-order valence-corrected chi connectivity index (χ2v) is 6.66. The number of benzene rings is 1. The molecule has 0 saturated carbocycles. The van der Waals surface area contributed by atoms with Gasteiger partial charge in [0.05, 0.1) is 36.3 Å². The molecule has 1 aromatic heterocycles. The zero-order valence-electron chi connectivity index (χ0n) is 14.1. The molecule has 0 unspecified atom stereocenters.